The van der Waals surface area contributed by atoms with Crippen molar-refractivity contribution in [2.75, 3.05) is 45.9 Å². The van der Waals surface area contributed by atoms with Crippen LogP contribution < -0.4 is 5.32 Å². The van der Waals surface area contributed by atoms with E-state index < -0.39 is 11.9 Å². The van der Waals surface area contributed by atoms with Gasteiger partial charge in [-0.1, -0.05) is 111 Å². The Morgan fingerprint density at radius 2 is 1.24 bits per heavy atom. The number of hydrogen-bond donors (Lipinski definition) is 1. The number of carbonyl (C=O) groups is 2. The van der Waals surface area contributed by atoms with Crippen LogP contribution in [0.25, 0.3) is 0 Å². The second-order valence-corrected chi connectivity index (χ2v) is 13.7. The molecule has 1 N–H and O–H groups in total. The van der Waals surface area contributed by atoms with E-state index in [0.29, 0.717) is 25.5 Å². The lowest BCUT2D eigenvalue weighted by Gasteiger charge is -2.44. The first-order valence-corrected chi connectivity index (χ1v) is 17.2. The van der Waals surface area contributed by atoms with Crippen LogP contribution >= 0.6 is 0 Å². The highest BCUT2D eigenvalue weighted by Gasteiger charge is 2.45. The van der Waals surface area contributed by atoms with Gasteiger partial charge in [0, 0.05) is 44.6 Å². The molecular formula is C34H65N3O4. The van der Waals surface area contributed by atoms with Gasteiger partial charge in [-0.2, -0.15) is 0 Å². The Kier molecular flexibility index (Phi) is 17.5. The Morgan fingerprint density at radius 3 is 1.78 bits per heavy atom. The molecular weight excluding hydrogens is 514 g/mol. The van der Waals surface area contributed by atoms with Gasteiger partial charge in [0.1, 0.15) is 6.10 Å². The van der Waals surface area contributed by atoms with E-state index in [-0.39, 0.29) is 11.3 Å². The number of unbranched alkanes of at least 4 members (excludes halogenated alkanes) is 14. The molecule has 0 radical (unpaired) electrons. The predicted octanol–water partition coefficient (Wildman–Crippen LogP) is 7.08. The second kappa shape index (κ2) is 19.9. The van der Waals surface area contributed by atoms with Gasteiger partial charge < -0.3 is 19.7 Å². The Bertz CT molecular complexity index is 719. The SMILES string of the molecule is CCCCCCCCCCCCCCCCCC(=O)N1CCN(CCCNC(=O)C2OC(C)(C)OCC2(C)C)CC1. The third kappa shape index (κ3) is 15.2. The van der Waals surface area contributed by atoms with E-state index >= 15 is 0 Å². The molecule has 0 aromatic rings. The minimum Gasteiger partial charge on any atom is -0.354 e. The van der Waals surface area contributed by atoms with Crippen LogP contribution in [0, 0.1) is 5.41 Å². The van der Waals surface area contributed by atoms with Gasteiger partial charge >= 0.3 is 0 Å². The summed E-state index contributed by atoms with van der Waals surface area (Å²) >= 11 is 0. The van der Waals surface area contributed by atoms with Gasteiger partial charge in [-0.15, -0.1) is 0 Å². The summed E-state index contributed by atoms with van der Waals surface area (Å²) in [4.78, 5) is 29.9. The van der Waals surface area contributed by atoms with Crippen LogP contribution in [0.1, 0.15) is 144 Å². The van der Waals surface area contributed by atoms with Gasteiger partial charge in [0.15, 0.2) is 5.79 Å². The Hall–Kier alpha value is -1.18. The fourth-order valence-electron chi connectivity index (χ4n) is 5.95. The molecule has 0 aromatic heterocycles. The third-order valence-electron chi connectivity index (χ3n) is 8.81. The molecule has 0 saturated carbocycles. The van der Waals surface area contributed by atoms with Gasteiger partial charge in [-0.05, 0) is 33.2 Å². The summed E-state index contributed by atoms with van der Waals surface area (Å²) in [6.07, 6.45) is 21.3. The number of amides is 2. The van der Waals surface area contributed by atoms with Crippen LogP contribution in [0.15, 0.2) is 0 Å². The van der Waals surface area contributed by atoms with Crippen LogP contribution in [0.2, 0.25) is 0 Å². The number of carbonyl (C=O) groups excluding carboxylic acids is 2. The van der Waals surface area contributed by atoms with Crippen LogP contribution in [0.4, 0.5) is 0 Å². The Labute approximate surface area is 252 Å². The molecule has 0 aliphatic carbocycles. The highest BCUT2D eigenvalue weighted by Crippen LogP contribution is 2.34. The van der Waals surface area contributed by atoms with Gasteiger partial charge in [0.05, 0.1) is 6.61 Å². The quantitative estimate of drug-likeness (QED) is 0.147. The number of piperazine rings is 1. The molecule has 1 unspecified atom stereocenters. The number of nitrogens with one attached hydrogen (secondary N) is 1. The molecule has 2 rings (SSSR count). The van der Waals surface area contributed by atoms with E-state index in [1.54, 1.807) is 0 Å². The molecule has 240 valence electrons. The second-order valence-electron chi connectivity index (χ2n) is 13.7. The maximum absolute atomic E-state index is 12.8. The molecule has 0 spiro atoms. The summed E-state index contributed by atoms with van der Waals surface area (Å²) in [6.45, 7) is 15.6. The van der Waals surface area contributed by atoms with E-state index in [2.05, 4.69) is 22.0 Å². The molecule has 2 heterocycles. The molecule has 1 atom stereocenters. The highest BCUT2D eigenvalue weighted by atomic mass is 16.7. The summed E-state index contributed by atoms with van der Waals surface area (Å²) in [5.41, 5.74) is -0.352. The van der Waals surface area contributed by atoms with Crippen molar-refractivity contribution in [1.82, 2.24) is 15.1 Å². The number of ether oxygens (including phenoxy) is 2. The summed E-state index contributed by atoms with van der Waals surface area (Å²) in [7, 11) is 0. The molecule has 2 amide bonds. The minimum absolute atomic E-state index is 0.0550. The van der Waals surface area contributed by atoms with Crippen molar-refractivity contribution >= 4 is 11.8 Å². The fourth-order valence-corrected chi connectivity index (χ4v) is 5.95. The molecule has 41 heavy (non-hydrogen) atoms. The maximum Gasteiger partial charge on any atom is 0.249 e. The zero-order valence-electron chi connectivity index (χ0n) is 27.6. The van der Waals surface area contributed by atoms with E-state index in [0.717, 1.165) is 45.6 Å². The minimum atomic E-state index is -0.735. The van der Waals surface area contributed by atoms with Crippen molar-refractivity contribution in [1.29, 1.82) is 0 Å². The van der Waals surface area contributed by atoms with Gasteiger partial charge in [0.25, 0.3) is 0 Å². The van der Waals surface area contributed by atoms with Crippen molar-refractivity contribution < 1.29 is 19.1 Å². The van der Waals surface area contributed by atoms with Crippen molar-refractivity contribution in [3.8, 4) is 0 Å². The van der Waals surface area contributed by atoms with Crippen molar-refractivity contribution in [3.63, 3.8) is 0 Å². The Balaban J connectivity index is 1.41. The molecule has 2 saturated heterocycles. The monoisotopic (exact) mass is 579 g/mol. The molecule has 7 heteroatoms. The molecule has 7 nitrogen and oxygen atoms in total. The molecule has 0 aromatic carbocycles. The van der Waals surface area contributed by atoms with Crippen LogP contribution in [0.3, 0.4) is 0 Å². The molecule has 0 bridgehead atoms. The van der Waals surface area contributed by atoms with Crippen LogP contribution in [0.5, 0.6) is 0 Å². The van der Waals surface area contributed by atoms with Gasteiger partial charge in [-0.3, -0.25) is 14.5 Å². The first kappa shape index (κ1) is 36.0. The number of rotatable bonds is 21. The first-order valence-electron chi connectivity index (χ1n) is 17.2. The first-order chi connectivity index (χ1) is 19.6. The summed E-state index contributed by atoms with van der Waals surface area (Å²) < 4.78 is 11.7. The van der Waals surface area contributed by atoms with E-state index in [1.807, 2.05) is 27.7 Å². The lowest BCUT2D eigenvalue weighted by Crippen LogP contribution is -2.56. The standard InChI is InChI=1S/C34H65N3O4/c1-6-7-8-9-10-11-12-13-14-15-16-17-18-19-20-22-30(38)37-27-25-36(26-28-37)24-21-23-35-32(39)31-33(2,3)29-40-34(4,5)41-31/h31H,6-29H2,1-5H3,(H,35,39). The third-order valence-corrected chi connectivity index (χ3v) is 8.81. The summed E-state index contributed by atoms with van der Waals surface area (Å²) in [6, 6.07) is 0. The largest absolute Gasteiger partial charge is 0.354 e. The highest BCUT2D eigenvalue weighted by molar-refractivity contribution is 5.81. The topological polar surface area (TPSA) is 71.1 Å². The average molecular weight is 580 g/mol. The molecule has 2 fully saturated rings. The number of nitrogens with zero attached hydrogens (tertiary/aromatic N) is 2. The van der Waals surface area contributed by atoms with E-state index in [1.165, 1.54) is 89.9 Å². The summed E-state index contributed by atoms with van der Waals surface area (Å²) in [5, 5.41) is 3.06. The van der Waals surface area contributed by atoms with Gasteiger partial charge in [-0.25, -0.2) is 0 Å². The zero-order valence-corrected chi connectivity index (χ0v) is 27.6. The fraction of sp³-hybridized carbons (Fsp3) is 0.941. The smallest absolute Gasteiger partial charge is 0.249 e. The zero-order chi connectivity index (χ0) is 30.0. The lowest BCUT2D eigenvalue weighted by molar-refractivity contribution is -0.304. The van der Waals surface area contributed by atoms with Crippen molar-refractivity contribution in [2.24, 2.45) is 5.41 Å². The van der Waals surface area contributed by atoms with Crippen LogP contribution in [-0.4, -0.2) is 79.4 Å². The lowest BCUT2D eigenvalue weighted by atomic mass is 9.85. The predicted molar refractivity (Wildman–Crippen MR) is 169 cm³/mol. The molecule has 2 aliphatic heterocycles. The van der Waals surface area contributed by atoms with Crippen LogP contribution in [-0.2, 0) is 19.1 Å². The van der Waals surface area contributed by atoms with E-state index in [9.17, 15) is 9.59 Å². The normalized spacial score (nSPS) is 20.7. The average Bonchev–Trinajstić information content (AvgIpc) is 2.94. The van der Waals surface area contributed by atoms with E-state index in [4.69, 9.17) is 9.47 Å². The number of hydrogen-bond acceptors (Lipinski definition) is 5. The summed E-state index contributed by atoms with van der Waals surface area (Å²) in [5.74, 6) is -0.463. The van der Waals surface area contributed by atoms with Crippen molar-refractivity contribution in [3.05, 3.63) is 0 Å². The van der Waals surface area contributed by atoms with Crippen molar-refractivity contribution in [2.45, 2.75) is 156 Å². The molecule has 2 aliphatic rings. The maximum atomic E-state index is 12.8. The Morgan fingerprint density at radius 1 is 0.732 bits per heavy atom. The van der Waals surface area contributed by atoms with Gasteiger partial charge in [0.2, 0.25) is 11.8 Å².